The van der Waals surface area contributed by atoms with Gasteiger partial charge in [-0.1, -0.05) is 60.1 Å². The first kappa shape index (κ1) is 33.2. The summed E-state index contributed by atoms with van der Waals surface area (Å²) >= 11 is 13.6. The summed E-state index contributed by atoms with van der Waals surface area (Å²) in [6.45, 7) is 6.05. The maximum Gasteiger partial charge on any atom is 0.250 e. The van der Waals surface area contributed by atoms with Crippen LogP contribution in [0, 0.1) is 0 Å². The minimum atomic E-state index is -1.36. The van der Waals surface area contributed by atoms with Crippen molar-refractivity contribution in [2.75, 3.05) is 35.4 Å². The van der Waals surface area contributed by atoms with Crippen LogP contribution < -0.4 is 26.0 Å². The van der Waals surface area contributed by atoms with Gasteiger partial charge in [-0.25, -0.2) is 10.4 Å². The van der Waals surface area contributed by atoms with Crippen molar-refractivity contribution in [3.63, 3.8) is 0 Å². The number of ketones is 1. The van der Waals surface area contributed by atoms with E-state index in [1.807, 2.05) is 30.3 Å². The number of hydrazine groups is 1. The summed E-state index contributed by atoms with van der Waals surface area (Å²) in [7, 11) is 1.70. The molecule has 2 heterocycles. The minimum absolute atomic E-state index is 0.122. The van der Waals surface area contributed by atoms with Crippen molar-refractivity contribution in [2.24, 2.45) is 0 Å². The molecule has 234 valence electrons. The molecule has 0 bridgehead atoms. The van der Waals surface area contributed by atoms with Crippen molar-refractivity contribution in [3.8, 4) is 0 Å². The minimum Gasteiger partial charge on any atom is -0.489 e. The van der Waals surface area contributed by atoms with Gasteiger partial charge in [0.2, 0.25) is 11.8 Å². The number of fused-ring (bicyclic) bond motifs is 1. The van der Waals surface area contributed by atoms with Crippen LogP contribution in [0.25, 0.3) is 5.57 Å². The first-order valence-corrected chi connectivity index (χ1v) is 14.6. The molecule has 3 N–H and O–H groups in total. The molecule has 3 amide bonds. The topological polar surface area (TPSA) is 133 Å². The fraction of sp³-hybridized carbons (Fsp3) is 0.219. The number of rotatable bonds is 12. The van der Waals surface area contributed by atoms with E-state index in [9.17, 15) is 19.2 Å². The highest BCUT2D eigenvalue weighted by Crippen LogP contribution is 2.46. The van der Waals surface area contributed by atoms with Crippen molar-refractivity contribution < 1.29 is 23.9 Å². The number of carbonyl (C=O) groups is 4. The predicted molar refractivity (Wildman–Crippen MR) is 175 cm³/mol. The Hall–Kier alpha value is -4.71. The summed E-state index contributed by atoms with van der Waals surface area (Å²) < 4.78 is 6.31. The molecular weight excluding hydrogens is 619 g/mol. The van der Waals surface area contributed by atoms with E-state index in [1.165, 1.54) is 30.2 Å². The summed E-state index contributed by atoms with van der Waals surface area (Å²) in [5.74, 6) is -1.52. The Bertz CT molecular complexity index is 1640. The van der Waals surface area contributed by atoms with Crippen LogP contribution in [0.4, 0.5) is 17.2 Å². The monoisotopic (exact) mass is 650 g/mol. The molecule has 0 spiro atoms. The lowest BCUT2D eigenvalue weighted by Gasteiger charge is -2.43. The number of halogens is 2. The second-order valence-electron chi connectivity index (χ2n) is 10.1. The normalized spacial score (nSPS) is 15.5. The van der Waals surface area contributed by atoms with Crippen LogP contribution in [0.1, 0.15) is 25.0 Å². The van der Waals surface area contributed by atoms with Crippen LogP contribution in [0.15, 0.2) is 85.3 Å². The summed E-state index contributed by atoms with van der Waals surface area (Å²) in [4.78, 5) is 54.6. The van der Waals surface area contributed by atoms with E-state index in [0.717, 1.165) is 11.6 Å². The van der Waals surface area contributed by atoms with Crippen molar-refractivity contribution >= 4 is 69.5 Å². The van der Waals surface area contributed by atoms with Gasteiger partial charge in [0.05, 0.1) is 36.2 Å². The molecule has 1 aliphatic heterocycles. The van der Waals surface area contributed by atoms with Gasteiger partial charge < -0.3 is 15.4 Å². The lowest BCUT2D eigenvalue weighted by Crippen LogP contribution is -2.54. The molecule has 0 fully saturated rings. The first-order chi connectivity index (χ1) is 21.5. The summed E-state index contributed by atoms with van der Waals surface area (Å²) in [6, 6.07) is 17.5. The van der Waals surface area contributed by atoms with Crippen LogP contribution in [0.5, 0.6) is 0 Å². The molecule has 3 aromatic rings. The Labute approximate surface area is 270 Å². The van der Waals surface area contributed by atoms with Crippen molar-refractivity contribution in [1.29, 1.82) is 0 Å². The number of anilines is 3. The average molecular weight is 652 g/mol. The Balaban J connectivity index is 1.72. The van der Waals surface area contributed by atoms with Gasteiger partial charge in [0, 0.05) is 24.6 Å². The van der Waals surface area contributed by atoms with E-state index in [-0.39, 0.29) is 41.9 Å². The summed E-state index contributed by atoms with van der Waals surface area (Å²) in [6.07, 6.45) is 2.42. The predicted octanol–water partition coefficient (Wildman–Crippen LogP) is 4.44. The van der Waals surface area contributed by atoms with Crippen molar-refractivity contribution in [2.45, 2.75) is 25.5 Å². The molecule has 1 unspecified atom stereocenters. The lowest BCUT2D eigenvalue weighted by molar-refractivity contribution is -0.122. The van der Waals surface area contributed by atoms with Gasteiger partial charge in [-0.15, -0.1) is 0 Å². The van der Waals surface area contributed by atoms with Gasteiger partial charge >= 0.3 is 0 Å². The van der Waals surface area contributed by atoms with E-state index < -0.39 is 29.1 Å². The van der Waals surface area contributed by atoms with E-state index in [2.05, 4.69) is 27.6 Å². The summed E-state index contributed by atoms with van der Waals surface area (Å²) in [5, 5.41) is 7.00. The third-order valence-electron chi connectivity index (χ3n) is 6.83. The molecule has 1 atom stereocenters. The number of carbonyl (C=O) groups excluding carboxylic acids is 4. The third kappa shape index (κ3) is 7.69. The SMILES string of the molecule is C=CC(=O)N(CC(=O)C1=C(OCc2ccccc2)C(C)(Cl)N(NC)c2ccc(Cl)cc21)c1ccc(NC(=O)CNC(C)=O)nc1. The molecule has 0 aliphatic carbocycles. The second kappa shape index (κ2) is 14.4. The van der Waals surface area contributed by atoms with Gasteiger partial charge in [0.25, 0.3) is 5.91 Å². The Morgan fingerprint density at radius 1 is 1.11 bits per heavy atom. The number of alkyl halides is 1. The number of aromatic nitrogens is 1. The van der Waals surface area contributed by atoms with Crippen LogP contribution in [-0.4, -0.2) is 53.6 Å². The first-order valence-electron chi connectivity index (χ1n) is 13.8. The maximum atomic E-state index is 14.3. The molecule has 45 heavy (non-hydrogen) atoms. The Kier molecular flexibility index (Phi) is 10.6. The van der Waals surface area contributed by atoms with Crippen LogP contribution in [0.3, 0.4) is 0 Å². The lowest BCUT2D eigenvalue weighted by atomic mass is 9.91. The smallest absolute Gasteiger partial charge is 0.250 e. The fourth-order valence-electron chi connectivity index (χ4n) is 4.76. The van der Waals surface area contributed by atoms with Gasteiger partial charge in [-0.2, -0.15) is 0 Å². The highest BCUT2D eigenvalue weighted by molar-refractivity contribution is 6.35. The fourth-order valence-corrected chi connectivity index (χ4v) is 5.26. The quantitative estimate of drug-likeness (QED) is 0.149. The number of Topliss-reactive ketones (excluding diaryl/α,β-unsaturated/α-hetero) is 1. The van der Waals surface area contributed by atoms with E-state index in [4.69, 9.17) is 27.9 Å². The molecule has 4 rings (SSSR count). The number of benzene rings is 2. The number of nitrogens with one attached hydrogen (secondary N) is 3. The number of ether oxygens (including phenoxy) is 1. The number of pyridine rings is 1. The van der Waals surface area contributed by atoms with E-state index in [0.29, 0.717) is 16.3 Å². The Morgan fingerprint density at radius 3 is 2.47 bits per heavy atom. The van der Waals surface area contributed by atoms with Crippen LogP contribution in [-0.2, 0) is 30.5 Å². The molecular formula is C32H32Cl2N6O5. The molecule has 0 radical (unpaired) electrons. The van der Waals surface area contributed by atoms with Gasteiger partial charge in [-0.3, -0.25) is 29.1 Å². The van der Waals surface area contributed by atoms with E-state index in [1.54, 1.807) is 37.2 Å². The number of hydrogen-bond acceptors (Lipinski definition) is 8. The van der Waals surface area contributed by atoms with Crippen LogP contribution >= 0.6 is 23.2 Å². The second-order valence-corrected chi connectivity index (χ2v) is 11.2. The molecule has 1 aromatic heterocycles. The summed E-state index contributed by atoms with van der Waals surface area (Å²) in [5.41, 5.74) is 5.41. The van der Waals surface area contributed by atoms with Gasteiger partial charge in [0.15, 0.2) is 16.5 Å². The molecule has 11 nitrogen and oxygen atoms in total. The zero-order chi connectivity index (χ0) is 32.7. The van der Waals surface area contributed by atoms with Crippen molar-refractivity contribution in [1.82, 2.24) is 15.7 Å². The Morgan fingerprint density at radius 2 is 1.84 bits per heavy atom. The van der Waals surface area contributed by atoms with Gasteiger partial charge in [0.1, 0.15) is 12.4 Å². The number of amides is 3. The average Bonchev–Trinajstić information content (AvgIpc) is 3.02. The largest absolute Gasteiger partial charge is 0.489 e. The van der Waals surface area contributed by atoms with Gasteiger partial charge in [-0.05, 0) is 48.9 Å². The highest BCUT2D eigenvalue weighted by Gasteiger charge is 2.45. The highest BCUT2D eigenvalue weighted by atomic mass is 35.5. The van der Waals surface area contributed by atoms with Crippen LogP contribution in [0.2, 0.25) is 5.02 Å². The molecule has 2 aromatic carbocycles. The third-order valence-corrected chi connectivity index (χ3v) is 7.40. The zero-order valence-electron chi connectivity index (χ0n) is 24.9. The molecule has 0 saturated heterocycles. The molecule has 1 aliphatic rings. The molecule has 13 heteroatoms. The maximum absolute atomic E-state index is 14.3. The molecule has 0 saturated carbocycles. The number of nitrogens with zero attached hydrogens (tertiary/aromatic N) is 3. The zero-order valence-corrected chi connectivity index (χ0v) is 26.4. The van der Waals surface area contributed by atoms with E-state index >= 15 is 0 Å². The number of hydrogen-bond donors (Lipinski definition) is 3. The standard InChI is InChI=1S/C32H32Cl2N6O5/c1-5-29(44)39(23-12-14-27(37-16-23)38-28(43)17-36-20(2)41)18-26(42)30-24-15-22(33)11-13-25(24)40(35-4)32(3,34)31(30)45-19-21-9-7-6-8-10-21/h5-16,35H,1,17-19H2,2-4H3,(H,36,41)(H,37,38,43). The van der Waals surface area contributed by atoms with Crippen molar-refractivity contribution in [3.05, 3.63) is 101 Å².